The van der Waals surface area contributed by atoms with Crippen LogP contribution in [-0.2, 0) is 7.05 Å². The van der Waals surface area contributed by atoms with Crippen LogP contribution in [0.4, 0.5) is 0 Å². The Kier molecular flexibility index (Phi) is 3.22. The molecule has 0 aliphatic carbocycles. The van der Waals surface area contributed by atoms with Gasteiger partial charge in [-0.3, -0.25) is 0 Å². The minimum atomic E-state index is 0.0393. The third-order valence-corrected chi connectivity index (χ3v) is 1.95. The van der Waals surface area contributed by atoms with Crippen LogP contribution in [0.15, 0.2) is 6.33 Å². The number of aromatic nitrogens is 3. The molecule has 0 spiro atoms. The summed E-state index contributed by atoms with van der Waals surface area (Å²) in [6.07, 6.45) is 4.99. The highest BCUT2D eigenvalue weighted by molar-refractivity contribution is 4.92. The van der Waals surface area contributed by atoms with Crippen LogP contribution in [0.25, 0.3) is 0 Å². The Morgan fingerprint density at radius 2 is 2.42 bits per heavy atom. The number of rotatable bonds is 4. The van der Waals surface area contributed by atoms with Gasteiger partial charge in [0, 0.05) is 7.05 Å². The molecule has 1 rings (SSSR count). The fourth-order valence-corrected chi connectivity index (χ4v) is 1.18. The first kappa shape index (κ1) is 9.19. The molecule has 0 bridgehead atoms. The van der Waals surface area contributed by atoms with E-state index in [1.807, 2.05) is 11.6 Å². The summed E-state index contributed by atoms with van der Waals surface area (Å²) < 4.78 is 1.88. The highest BCUT2D eigenvalue weighted by Gasteiger charge is 2.10. The van der Waals surface area contributed by atoms with Crippen LogP contribution in [-0.4, -0.2) is 14.8 Å². The van der Waals surface area contributed by atoms with Crippen molar-refractivity contribution in [1.29, 1.82) is 0 Å². The number of unbranched alkanes of at least 4 members (excludes halogenated alkanes) is 1. The quantitative estimate of drug-likeness (QED) is 0.729. The number of aryl methyl sites for hydroxylation is 1. The Bertz CT molecular complexity index is 231. The van der Waals surface area contributed by atoms with Gasteiger partial charge in [-0.25, -0.2) is 0 Å². The monoisotopic (exact) mass is 168 g/mol. The minimum Gasteiger partial charge on any atom is -0.321 e. The van der Waals surface area contributed by atoms with E-state index in [4.69, 9.17) is 5.73 Å². The Labute approximate surface area is 72.8 Å². The first-order valence-corrected chi connectivity index (χ1v) is 4.35. The van der Waals surface area contributed by atoms with Gasteiger partial charge in [-0.1, -0.05) is 19.8 Å². The lowest BCUT2D eigenvalue weighted by atomic mass is 10.1. The summed E-state index contributed by atoms with van der Waals surface area (Å²) in [5.74, 6) is 0.878. The van der Waals surface area contributed by atoms with E-state index in [0.29, 0.717) is 0 Å². The van der Waals surface area contributed by atoms with Crippen molar-refractivity contribution in [2.75, 3.05) is 0 Å². The maximum absolute atomic E-state index is 5.90. The summed E-state index contributed by atoms with van der Waals surface area (Å²) in [4.78, 5) is 0. The van der Waals surface area contributed by atoms with Crippen molar-refractivity contribution in [3.63, 3.8) is 0 Å². The second kappa shape index (κ2) is 4.21. The average molecular weight is 168 g/mol. The van der Waals surface area contributed by atoms with E-state index in [2.05, 4.69) is 17.1 Å². The SMILES string of the molecule is CCCCC(N)c1nncn1C. The lowest BCUT2D eigenvalue weighted by Crippen LogP contribution is -2.15. The van der Waals surface area contributed by atoms with Crippen molar-refractivity contribution >= 4 is 0 Å². The molecule has 0 saturated carbocycles. The fraction of sp³-hybridized carbons (Fsp3) is 0.750. The van der Waals surface area contributed by atoms with Gasteiger partial charge in [-0.05, 0) is 6.42 Å². The molecule has 68 valence electrons. The van der Waals surface area contributed by atoms with E-state index in [1.165, 1.54) is 6.42 Å². The Balaban J connectivity index is 2.52. The maximum Gasteiger partial charge on any atom is 0.149 e. The zero-order valence-corrected chi connectivity index (χ0v) is 7.70. The highest BCUT2D eigenvalue weighted by atomic mass is 15.3. The number of hydrogen-bond acceptors (Lipinski definition) is 3. The third-order valence-electron chi connectivity index (χ3n) is 1.95. The maximum atomic E-state index is 5.90. The fourth-order valence-electron chi connectivity index (χ4n) is 1.18. The van der Waals surface area contributed by atoms with Crippen molar-refractivity contribution in [1.82, 2.24) is 14.8 Å². The second-order valence-electron chi connectivity index (χ2n) is 3.05. The molecule has 1 atom stereocenters. The Morgan fingerprint density at radius 3 is 2.92 bits per heavy atom. The summed E-state index contributed by atoms with van der Waals surface area (Å²) in [6, 6.07) is 0.0393. The molecule has 0 aliphatic rings. The molecule has 1 unspecified atom stereocenters. The van der Waals surface area contributed by atoms with Crippen LogP contribution in [0.5, 0.6) is 0 Å². The second-order valence-corrected chi connectivity index (χ2v) is 3.05. The van der Waals surface area contributed by atoms with Crippen LogP contribution < -0.4 is 5.73 Å². The molecule has 0 aliphatic heterocycles. The van der Waals surface area contributed by atoms with Gasteiger partial charge in [0.25, 0.3) is 0 Å². The van der Waals surface area contributed by atoms with Gasteiger partial charge in [0.05, 0.1) is 6.04 Å². The molecule has 12 heavy (non-hydrogen) atoms. The molecule has 4 heteroatoms. The molecule has 1 aromatic rings. The van der Waals surface area contributed by atoms with E-state index in [-0.39, 0.29) is 6.04 Å². The zero-order valence-electron chi connectivity index (χ0n) is 7.70. The molecule has 4 nitrogen and oxygen atoms in total. The molecule has 0 radical (unpaired) electrons. The van der Waals surface area contributed by atoms with Gasteiger partial charge in [-0.15, -0.1) is 10.2 Å². The Morgan fingerprint density at radius 1 is 1.67 bits per heavy atom. The summed E-state index contributed by atoms with van der Waals surface area (Å²) in [5.41, 5.74) is 5.90. The number of nitrogens with two attached hydrogens (primary N) is 1. The topological polar surface area (TPSA) is 56.7 Å². The van der Waals surface area contributed by atoms with Gasteiger partial charge >= 0.3 is 0 Å². The molecule has 1 aromatic heterocycles. The minimum absolute atomic E-state index is 0.0393. The van der Waals surface area contributed by atoms with Gasteiger partial charge in [0.2, 0.25) is 0 Å². The number of nitrogens with zero attached hydrogens (tertiary/aromatic N) is 3. The molecule has 0 fully saturated rings. The molecule has 0 saturated heterocycles. The smallest absolute Gasteiger partial charge is 0.149 e. The average Bonchev–Trinajstić information content (AvgIpc) is 2.47. The largest absolute Gasteiger partial charge is 0.321 e. The lowest BCUT2D eigenvalue weighted by molar-refractivity contribution is 0.556. The first-order valence-electron chi connectivity index (χ1n) is 4.35. The van der Waals surface area contributed by atoms with Crippen LogP contribution in [0.1, 0.15) is 38.1 Å². The van der Waals surface area contributed by atoms with E-state index >= 15 is 0 Å². The molecule has 0 aromatic carbocycles. The predicted octanol–water partition coefficient (Wildman–Crippen LogP) is 1.01. The van der Waals surface area contributed by atoms with E-state index in [9.17, 15) is 0 Å². The molecular weight excluding hydrogens is 152 g/mol. The summed E-state index contributed by atoms with van der Waals surface area (Å²) >= 11 is 0. The molecular formula is C8H16N4. The van der Waals surface area contributed by atoms with Gasteiger partial charge in [0.1, 0.15) is 12.2 Å². The van der Waals surface area contributed by atoms with Crippen LogP contribution in [0, 0.1) is 0 Å². The molecule has 0 amide bonds. The highest BCUT2D eigenvalue weighted by Crippen LogP contribution is 2.12. The van der Waals surface area contributed by atoms with Crippen LogP contribution in [0.2, 0.25) is 0 Å². The van der Waals surface area contributed by atoms with Crippen LogP contribution >= 0.6 is 0 Å². The standard InChI is InChI=1S/C8H16N4/c1-3-4-5-7(9)8-11-10-6-12(8)2/h6-7H,3-5,9H2,1-2H3. The zero-order chi connectivity index (χ0) is 8.97. The van der Waals surface area contributed by atoms with Crippen molar-refractivity contribution in [3.8, 4) is 0 Å². The Hall–Kier alpha value is -0.900. The normalized spacial score (nSPS) is 13.2. The molecule has 2 N–H and O–H groups in total. The van der Waals surface area contributed by atoms with E-state index < -0.39 is 0 Å². The summed E-state index contributed by atoms with van der Waals surface area (Å²) in [5, 5.41) is 7.74. The van der Waals surface area contributed by atoms with Gasteiger partial charge < -0.3 is 10.3 Å². The van der Waals surface area contributed by atoms with Crippen molar-refractivity contribution in [2.24, 2.45) is 12.8 Å². The van der Waals surface area contributed by atoms with Gasteiger partial charge in [0.15, 0.2) is 0 Å². The predicted molar refractivity (Wildman–Crippen MR) is 47.5 cm³/mol. The summed E-state index contributed by atoms with van der Waals surface area (Å²) in [6.45, 7) is 2.16. The van der Waals surface area contributed by atoms with Crippen molar-refractivity contribution < 1.29 is 0 Å². The third kappa shape index (κ3) is 2.04. The van der Waals surface area contributed by atoms with Gasteiger partial charge in [-0.2, -0.15) is 0 Å². The van der Waals surface area contributed by atoms with Crippen LogP contribution in [0.3, 0.4) is 0 Å². The first-order chi connectivity index (χ1) is 5.75. The molecule has 1 heterocycles. The van der Waals surface area contributed by atoms with Crippen molar-refractivity contribution in [3.05, 3.63) is 12.2 Å². The lowest BCUT2D eigenvalue weighted by Gasteiger charge is -2.08. The van der Waals surface area contributed by atoms with E-state index in [1.54, 1.807) is 6.33 Å². The van der Waals surface area contributed by atoms with Crippen molar-refractivity contribution in [2.45, 2.75) is 32.2 Å². The summed E-state index contributed by atoms with van der Waals surface area (Å²) in [7, 11) is 1.92. The number of hydrogen-bond donors (Lipinski definition) is 1. The van der Waals surface area contributed by atoms with E-state index in [0.717, 1.165) is 18.7 Å².